The van der Waals surface area contributed by atoms with Crippen LogP contribution in [-0.4, -0.2) is 41.2 Å². The van der Waals surface area contributed by atoms with Gasteiger partial charge < -0.3 is 18.9 Å². The molecule has 1 aromatic heterocycles. The number of carbonyl (C=O) groups is 1. The second kappa shape index (κ2) is 9.63. The maximum atomic E-state index is 12.8. The van der Waals surface area contributed by atoms with Gasteiger partial charge in [0, 0.05) is 50.3 Å². The molecule has 0 atom stereocenters. The minimum atomic E-state index is -0.0743. The predicted molar refractivity (Wildman–Crippen MR) is 113 cm³/mol. The molecule has 1 aliphatic rings. The summed E-state index contributed by atoms with van der Waals surface area (Å²) < 4.78 is 13.2. The Morgan fingerprint density at radius 1 is 1.10 bits per heavy atom. The number of unbranched alkanes of at least 4 members (excludes halogenated alkanes) is 1. The molecule has 1 saturated heterocycles. The lowest BCUT2D eigenvalue weighted by molar-refractivity contribution is 0.0595. The summed E-state index contributed by atoms with van der Waals surface area (Å²) in [6.45, 7) is 5.99. The highest BCUT2D eigenvalue weighted by Crippen LogP contribution is 2.21. The fourth-order valence-corrected chi connectivity index (χ4v) is 3.38. The first kappa shape index (κ1) is 21.0. The zero-order valence-electron chi connectivity index (χ0n) is 17.5. The summed E-state index contributed by atoms with van der Waals surface area (Å²) in [6.07, 6.45) is 3.63. The molecule has 1 fully saturated rings. The van der Waals surface area contributed by atoms with Gasteiger partial charge in [-0.05, 0) is 43.7 Å². The Morgan fingerprint density at radius 3 is 2.41 bits per heavy atom. The number of aryl methyl sites for hydroxylation is 1. The van der Waals surface area contributed by atoms with Crippen LogP contribution in [0.15, 0.2) is 41.2 Å². The van der Waals surface area contributed by atoms with Crippen LogP contribution >= 0.6 is 0 Å². The van der Waals surface area contributed by atoms with E-state index in [9.17, 15) is 9.59 Å². The Hall–Kier alpha value is -2.76. The van der Waals surface area contributed by atoms with E-state index >= 15 is 0 Å². The van der Waals surface area contributed by atoms with Crippen LogP contribution in [0.25, 0.3) is 0 Å². The van der Waals surface area contributed by atoms with Crippen LogP contribution in [0.4, 0.5) is 0 Å². The minimum Gasteiger partial charge on any atom is -0.494 e. The number of hydrogen-bond donors (Lipinski definition) is 0. The van der Waals surface area contributed by atoms with Gasteiger partial charge in [0.15, 0.2) is 0 Å². The molecule has 0 spiro atoms. The Labute approximate surface area is 172 Å². The van der Waals surface area contributed by atoms with Gasteiger partial charge in [-0.3, -0.25) is 9.59 Å². The molecule has 29 heavy (non-hydrogen) atoms. The van der Waals surface area contributed by atoms with Crippen LogP contribution < -0.4 is 15.0 Å². The van der Waals surface area contributed by atoms with E-state index in [2.05, 4.69) is 6.92 Å². The standard InChI is InChI=1S/C23H30N2O4/c1-4-5-14-28-19-8-6-18(7-9-19)23(27)25-12-10-20(11-13-25)29-21-15-17(2)24(3)22(26)16-21/h6-9,15-16,20H,4-5,10-14H2,1-3H3. The molecule has 2 aromatic rings. The lowest BCUT2D eigenvalue weighted by atomic mass is 10.1. The van der Waals surface area contributed by atoms with Crippen LogP contribution in [0.1, 0.15) is 48.7 Å². The molecule has 6 heteroatoms. The van der Waals surface area contributed by atoms with Crippen molar-refractivity contribution in [3.63, 3.8) is 0 Å². The summed E-state index contributed by atoms with van der Waals surface area (Å²) in [4.78, 5) is 26.5. The second-order valence-electron chi connectivity index (χ2n) is 7.57. The lowest BCUT2D eigenvalue weighted by Crippen LogP contribution is -2.41. The number of benzene rings is 1. The molecule has 0 unspecified atom stereocenters. The summed E-state index contributed by atoms with van der Waals surface area (Å²) in [5, 5.41) is 0. The molecule has 2 heterocycles. The quantitative estimate of drug-likeness (QED) is 0.669. The van der Waals surface area contributed by atoms with Crippen molar-refractivity contribution in [2.24, 2.45) is 7.05 Å². The normalized spacial score (nSPS) is 14.7. The third-order valence-electron chi connectivity index (χ3n) is 5.38. The summed E-state index contributed by atoms with van der Waals surface area (Å²) in [7, 11) is 1.75. The van der Waals surface area contributed by atoms with Crippen molar-refractivity contribution in [3.05, 3.63) is 58.0 Å². The first-order valence-corrected chi connectivity index (χ1v) is 10.3. The van der Waals surface area contributed by atoms with Crippen molar-refractivity contribution in [1.82, 2.24) is 9.47 Å². The van der Waals surface area contributed by atoms with Gasteiger partial charge >= 0.3 is 0 Å². The van der Waals surface area contributed by atoms with Crippen molar-refractivity contribution < 1.29 is 14.3 Å². The zero-order chi connectivity index (χ0) is 20.8. The second-order valence-corrected chi connectivity index (χ2v) is 7.57. The number of ether oxygens (including phenoxy) is 2. The Bertz CT molecular complexity index is 881. The molecule has 0 N–H and O–H groups in total. The predicted octanol–water partition coefficient (Wildman–Crippen LogP) is 3.56. The molecule has 3 rings (SSSR count). The van der Waals surface area contributed by atoms with Crippen molar-refractivity contribution >= 4 is 5.91 Å². The van der Waals surface area contributed by atoms with Crippen LogP contribution in [0.5, 0.6) is 11.5 Å². The number of carbonyl (C=O) groups excluding carboxylic acids is 1. The minimum absolute atomic E-state index is 0.0138. The van der Waals surface area contributed by atoms with Gasteiger partial charge in [-0.15, -0.1) is 0 Å². The molecule has 0 radical (unpaired) electrons. The number of hydrogen-bond acceptors (Lipinski definition) is 4. The van der Waals surface area contributed by atoms with Gasteiger partial charge in [-0.1, -0.05) is 13.3 Å². The zero-order valence-corrected chi connectivity index (χ0v) is 17.5. The SMILES string of the molecule is CCCCOc1ccc(C(=O)N2CCC(Oc3cc(C)n(C)c(=O)c3)CC2)cc1. The van der Waals surface area contributed by atoms with Crippen LogP contribution in [0.2, 0.25) is 0 Å². The van der Waals surface area contributed by atoms with E-state index in [1.165, 1.54) is 6.07 Å². The molecule has 1 aliphatic heterocycles. The van der Waals surface area contributed by atoms with Gasteiger partial charge in [0.25, 0.3) is 11.5 Å². The first-order valence-electron chi connectivity index (χ1n) is 10.3. The molecule has 6 nitrogen and oxygen atoms in total. The summed E-state index contributed by atoms with van der Waals surface area (Å²) in [6, 6.07) is 10.8. The Morgan fingerprint density at radius 2 is 1.79 bits per heavy atom. The van der Waals surface area contributed by atoms with Gasteiger partial charge in [0.1, 0.15) is 17.6 Å². The maximum absolute atomic E-state index is 12.8. The first-order chi connectivity index (χ1) is 14.0. The number of pyridine rings is 1. The number of piperidine rings is 1. The fraction of sp³-hybridized carbons (Fsp3) is 0.478. The smallest absolute Gasteiger partial charge is 0.254 e. The van der Waals surface area contributed by atoms with Crippen molar-refractivity contribution in [2.45, 2.75) is 45.6 Å². The average molecular weight is 399 g/mol. The van der Waals surface area contributed by atoms with E-state index in [-0.39, 0.29) is 17.6 Å². The van der Waals surface area contributed by atoms with Crippen LogP contribution in [0.3, 0.4) is 0 Å². The molecule has 1 aromatic carbocycles. The highest BCUT2D eigenvalue weighted by molar-refractivity contribution is 5.94. The topological polar surface area (TPSA) is 60.8 Å². The number of rotatable bonds is 7. The molecule has 0 bridgehead atoms. The summed E-state index contributed by atoms with van der Waals surface area (Å²) >= 11 is 0. The van der Waals surface area contributed by atoms with E-state index in [0.717, 1.165) is 37.1 Å². The van der Waals surface area contributed by atoms with Crippen molar-refractivity contribution in [3.8, 4) is 11.5 Å². The van der Waals surface area contributed by atoms with Crippen LogP contribution in [-0.2, 0) is 7.05 Å². The fourth-order valence-electron chi connectivity index (χ4n) is 3.38. The van der Waals surface area contributed by atoms with Crippen molar-refractivity contribution in [1.29, 1.82) is 0 Å². The van der Waals surface area contributed by atoms with Gasteiger partial charge in [0.05, 0.1) is 6.61 Å². The molecule has 156 valence electrons. The van der Waals surface area contributed by atoms with E-state index in [1.54, 1.807) is 11.6 Å². The largest absolute Gasteiger partial charge is 0.494 e. The average Bonchev–Trinajstić information content (AvgIpc) is 2.73. The molecular weight excluding hydrogens is 368 g/mol. The van der Waals surface area contributed by atoms with Gasteiger partial charge in [-0.25, -0.2) is 0 Å². The molecule has 0 saturated carbocycles. The number of amides is 1. The molecular formula is C23H30N2O4. The monoisotopic (exact) mass is 398 g/mol. The third kappa shape index (κ3) is 5.40. The van der Waals surface area contributed by atoms with E-state index in [0.29, 0.717) is 31.0 Å². The number of aromatic nitrogens is 1. The lowest BCUT2D eigenvalue weighted by Gasteiger charge is -2.32. The highest BCUT2D eigenvalue weighted by Gasteiger charge is 2.25. The van der Waals surface area contributed by atoms with Crippen LogP contribution in [0, 0.1) is 6.92 Å². The highest BCUT2D eigenvalue weighted by atomic mass is 16.5. The van der Waals surface area contributed by atoms with Gasteiger partial charge in [-0.2, -0.15) is 0 Å². The molecule has 0 aliphatic carbocycles. The van der Waals surface area contributed by atoms with E-state index in [4.69, 9.17) is 9.47 Å². The number of likely N-dealkylation sites (tertiary alicyclic amines) is 1. The maximum Gasteiger partial charge on any atom is 0.254 e. The Balaban J connectivity index is 1.52. The molecule has 1 amide bonds. The number of nitrogens with zero attached hydrogens (tertiary/aromatic N) is 2. The van der Waals surface area contributed by atoms with Crippen molar-refractivity contribution in [2.75, 3.05) is 19.7 Å². The van der Waals surface area contributed by atoms with E-state index < -0.39 is 0 Å². The van der Waals surface area contributed by atoms with E-state index in [1.807, 2.05) is 42.2 Å². The van der Waals surface area contributed by atoms with Gasteiger partial charge in [0.2, 0.25) is 0 Å². The summed E-state index contributed by atoms with van der Waals surface area (Å²) in [5.41, 5.74) is 1.46. The third-order valence-corrected chi connectivity index (χ3v) is 5.38. The Kier molecular flexibility index (Phi) is 6.96. The summed E-state index contributed by atoms with van der Waals surface area (Å²) in [5.74, 6) is 1.44.